The molecule has 0 amide bonds. The minimum absolute atomic E-state index is 0.0295. The van der Waals surface area contributed by atoms with Crippen molar-refractivity contribution in [2.45, 2.75) is 18.9 Å². The molecule has 208 valence electrons. The predicted molar refractivity (Wildman–Crippen MR) is 144 cm³/mol. The number of alkyl halides is 2. The van der Waals surface area contributed by atoms with Gasteiger partial charge in [0.1, 0.15) is 23.2 Å². The maximum absolute atomic E-state index is 13.8. The summed E-state index contributed by atoms with van der Waals surface area (Å²) < 4.78 is 81.0. The third-order valence-corrected chi connectivity index (χ3v) is 6.22. The van der Waals surface area contributed by atoms with Gasteiger partial charge in [0.2, 0.25) is 0 Å². The number of anilines is 2. The fraction of sp³-hybridized carbons (Fsp3) is 0.208. The normalized spacial score (nSPS) is 13.0. The minimum atomic E-state index is -4.00. The predicted octanol–water partition coefficient (Wildman–Crippen LogP) is 3.84. The van der Waals surface area contributed by atoms with Gasteiger partial charge < -0.3 is 27.9 Å². The van der Waals surface area contributed by atoms with E-state index < -0.39 is 46.5 Å². The number of nitrogen functional groups attached to an aromatic ring is 1. The average Bonchev–Trinajstić information content (AvgIpc) is 2.80. The standard InChI is InChI=1S/C24H24ClF4N7O2S/c1-39(37,38)36-24(33)21-16(25)3-2-14(23(21)34-10-20(28)29)15-8-17(31)19(9-30)35-22(15)18(32)6-11-4-12(26)7-13(27)5-11/h2-5,7-9,18,20,30,34H,6,10,31-32H2,1H3,(H2,33,36). The molecule has 0 saturated carbocycles. The van der Waals surface area contributed by atoms with Crippen LogP contribution in [0.3, 0.4) is 0 Å². The van der Waals surface area contributed by atoms with Crippen LogP contribution in [0, 0.1) is 17.0 Å². The number of hydrogen-bond acceptors (Lipinski definition) is 7. The van der Waals surface area contributed by atoms with Gasteiger partial charge in [-0.05, 0) is 36.2 Å². The van der Waals surface area contributed by atoms with E-state index in [4.69, 9.17) is 34.2 Å². The van der Waals surface area contributed by atoms with Crippen molar-refractivity contribution in [3.05, 3.63) is 75.6 Å². The third kappa shape index (κ3) is 7.43. The first-order valence-electron chi connectivity index (χ1n) is 11.1. The van der Waals surface area contributed by atoms with Crippen LogP contribution in [0.4, 0.5) is 28.9 Å². The molecule has 0 aliphatic rings. The molecule has 0 saturated heterocycles. The largest absolute Gasteiger partial charge is 0.397 e. The fourth-order valence-corrected chi connectivity index (χ4v) is 4.59. The van der Waals surface area contributed by atoms with Crippen molar-refractivity contribution < 1.29 is 26.0 Å². The number of benzene rings is 2. The maximum Gasteiger partial charge on any atom is 0.255 e. The second-order valence-corrected chi connectivity index (χ2v) is 10.5. The number of aromatic nitrogens is 1. The third-order valence-electron chi connectivity index (χ3n) is 5.38. The minimum Gasteiger partial charge on any atom is -0.397 e. The number of amidine groups is 1. The number of halogens is 5. The summed E-state index contributed by atoms with van der Waals surface area (Å²) in [6, 6.07) is 6.01. The van der Waals surface area contributed by atoms with E-state index >= 15 is 0 Å². The van der Waals surface area contributed by atoms with Crippen LogP contribution in [0.5, 0.6) is 0 Å². The van der Waals surface area contributed by atoms with Gasteiger partial charge in [-0.3, -0.25) is 0 Å². The van der Waals surface area contributed by atoms with Crippen molar-refractivity contribution >= 4 is 45.0 Å². The van der Waals surface area contributed by atoms with Crippen LogP contribution in [0.15, 0.2) is 40.8 Å². The Hall–Kier alpha value is -3.75. The smallest absolute Gasteiger partial charge is 0.255 e. The molecule has 0 aliphatic carbocycles. The lowest BCUT2D eigenvalue weighted by molar-refractivity contribution is 0.163. The number of nitrogens with one attached hydrogen (secondary N) is 2. The summed E-state index contributed by atoms with van der Waals surface area (Å²) in [5, 5.41) is 10.0. The molecule has 39 heavy (non-hydrogen) atoms. The first-order valence-corrected chi connectivity index (χ1v) is 13.3. The zero-order valence-electron chi connectivity index (χ0n) is 20.4. The number of hydrogen-bond donors (Lipinski definition) is 5. The Labute approximate surface area is 226 Å². The molecule has 0 bridgehead atoms. The van der Waals surface area contributed by atoms with E-state index in [2.05, 4.69) is 14.7 Å². The summed E-state index contributed by atoms with van der Waals surface area (Å²) in [6.07, 6.45) is -1.27. The van der Waals surface area contributed by atoms with Crippen molar-refractivity contribution in [2.75, 3.05) is 23.9 Å². The Morgan fingerprint density at radius 1 is 1.18 bits per heavy atom. The molecule has 0 aliphatic heterocycles. The number of sulfonamides is 1. The molecular formula is C24H24ClF4N7O2S. The second kappa shape index (κ2) is 12.0. The van der Waals surface area contributed by atoms with Crippen LogP contribution in [0.2, 0.25) is 5.02 Å². The zero-order chi connectivity index (χ0) is 29.1. The molecule has 0 spiro atoms. The van der Waals surface area contributed by atoms with Crippen molar-refractivity contribution in [3.8, 4) is 11.1 Å². The summed E-state index contributed by atoms with van der Waals surface area (Å²) in [7, 11) is -4.00. The summed E-state index contributed by atoms with van der Waals surface area (Å²) in [5.74, 6) is -2.20. The van der Waals surface area contributed by atoms with Crippen LogP contribution in [0.1, 0.15) is 28.6 Å². The lowest BCUT2D eigenvalue weighted by atomic mass is 9.92. The van der Waals surface area contributed by atoms with E-state index in [0.29, 0.717) is 6.07 Å². The topological polar surface area (TPSA) is 173 Å². The zero-order valence-corrected chi connectivity index (χ0v) is 21.9. The number of pyridine rings is 1. The Kier molecular flexibility index (Phi) is 9.14. The summed E-state index contributed by atoms with van der Waals surface area (Å²) in [6.45, 7) is -0.877. The molecular weight excluding hydrogens is 562 g/mol. The highest BCUT2D eigenvalue weighted by atomic mass is 35.5. The summed E-state index contributed by atoms with van der Waals surface area (Å²) >= 11 is 6.30. The molecule has 1 atom stereocenters. The van der Waals surface area contributed by atoms with Crippen molar-refractivity contribution in [2.24, 2.45) is 15.9 Å². The van der Waals surface area contributed by atoms with Crippen molar-refractivity contribution in [1.82, 2.24) is 4.98 Å². The first kappa shape index (κ1) is 29.8. The monoisotopic (exact) mass is 585 g/mol. The van der Waals surface area contributed by atoms with Crippen LogP contribution >= 0.6 is 11.6 Å². The number of rotatable bonds is 10. The van der Waals surface area contributed by atoms with Crippen LogP contribution in [-0.4, -0.2) is 44.7 Å². The quantitative estimate of drug-likeness (QED) is 0.136. The van der Waals surface area contributed by atoms with Crippen LogP contribution in [0.25, 0.3) is 11.1 Å². The SMILES string of the molecule is CS(=O)(=O)/N=C(\N)c1c(Cl)ccc(-c2cc(N)c(C=N)nc2C(N)Cc2cc(F)cc(F)c2)c1NCC(F)F. The molecule has 0 radical (unpaired) electrons. The Bertz CT molecular complexity index is 1530. The molecule has 0 fully saturated rings. The van der Waals surface area contributed by atoms with Gasteiger partial charge in [-0.2, -0.15) is 0 Å². The average molecular weight is 586 g/mol. The Morgan fingerprint density at radius 3 is 2.38 bits per heavy atom. The van der Waals surface area contributed by atoms with Crippen molar-refractivity contribution in [1.29, 1.82) is 5.41 Å². The van der Waals surface area contributed by atoms with E-state index in [1.165, 1.54) is 18.2 Å². The van der Waals surface area contributed by atoms with Crippen molar-refractivity contribution in [3.63, 3.8) is 0 Å². The van der Waals surface area contributed by atoms with E-state index in [1.807, 2.05) is 0 Å². The van der Waals surface area contributed by atoms with Crippen LogP contribution < -0.4 is 22.5 Å². The molecule has 1 heterocycles. The highest BCUT2D eigenvalue weighted by molar-refractivity contribution is 7.89. The van der Waals surface area contributed by atoms with E-state index in [-0.39, 0.29) is 56.5 Å². The lowest BCUT2D eigenvalue weighted by Crippen LogP contribution is -2.22. The van der Waals surface area contributed by atoms with Gasteiger partial charge in [-0.15, -0.1) is 4.40 Å². The van der Waals surface area contributed by atoms with Crippen LogP contribution in [-0.2, 0) is 16.4 Å². The van der Waals surface area contributed by atoms with Gasteiger partial charge in [0, 0.05) is 23.4 Å². The van der Waals surface area contributed by atoms with Gasteiger partial charge in [-0.25, -0.2) is 31.0 Å². The summed E-state index contributed by atoms with van der Waals surface area (Å²) in [5.41, 5.74) is 18.8. The molecule has 3 aromatic rings. The number of nitrogens with two attached hydrogens (primary N) is 3. The van der Waals surface area contributed by atoms with Gasteiger partial charge in [0.05, 0.1) is 46.5 Å². The molecule has 2 aromatic carbocycles. The summed E-state index contributed by atoms with van der Waals surface area (Å²) in [4.78, 5) is 4.35. The molecule has 8 N–H and O–H groups in total. The fourth-order valence-electron chi connectivity index (χ4n) is 3.89. The Balaban J connectivity index is 2.30. The second-order valence-electron chi connectivity index (χ2n) is 8.45. The molecule has 3 rings (SSSR count). The maximum atomic E-state index is 13.8. The van der Waals surface area contributed by atoms with Gasteiger partial charge in [-0.1, -0.05) is 17.7 Å². The van der Waals surface area contributed by atoms with E-state index in [9.17, 15) is 26.0 Å². The highest BCUT2D eigenvalue weighted by Gasteiger charge is 2.24. The molecule has 15 heteroatoms. The number of nitrogens with zero attached hydrogens (tertiary/aromatic N) is 2. The Morgan fingerprint density at radius 2 is 1.82 bits per heavy atom. The molecule has 1 unspecified atom stereocenters. The van der Waals surface area contributed by atoms with Gasteiger partial charge in [0.25, 0.3) is 16.4 Å². The lowest BCUT2D eigenvalue weighted by Gasteiger charge is -2.22. The van der Waals surface area contributed by atoms with E-state index in [1.54, 1.807) is 0 Å². The first-order chi connectivity index (χ1) is 18.2. The van der Waals surface area contributed by atoms with Gasteiger partial charge >= 0.3 is 0 Å². The van der Waals surface area contributed by atoms with Gasteiger partial charge in [0.15, 0.2) is 0 Å². The molecule has 1 aromatic heterocycles. The molecule has 9 nitrogen and oxygen atoms in total. The van der Waals surface area contributed by atoms with E-state index in [0.717, 1.165) is 24.6 Å². The highest BCUT2D eigenvalue weighted by Crippen LogP contribution is 2.39.